The van der Waals surface area contributed by atoms with Gasteiger partial charge in [-0.1, -0.05) is 98.3 Å². The fraction of sp³-hybridized carbons (Fsp3) is 0.0952. The molecular weight excluding hydrogens is 772 g/mol. The van der Waals surface area contributed by atoms with Crippen LogP contribution in [-0.4, -0.2) is 18.9 Å². The molecule has 0 aliphatic heterocycles. The first-order valence-corrected chi connectivity index (χ1v) is 15.8. The molecule has 4 aromatic heterocycles. The molecular formula is C42H30N4OPt. The van der Waals surface area contributed by atoms with Crippen molar-refractivity contribution in [3.63, 3.8) is 0 Å². The van der Waals surface area contributed by atoms with E-state index < -0.39 is 0 Å². The number of para-hydroxylation sites is 2. The summed E-state index contributed by atoms with van der Waals surface area (Å²) < 4.78 is 10.9. The number of fused-ring (bicyclic) bond motifs is 10. The van der Waals surface area contributed by atoms with Crippen molar-refractivity contribution in [1.82, 2.24) is 18.9 Å². The first-order valence-electron chi connectivity index (χ1n) is 15.8. The van der Waals surface area contributed by atoms with Gasteiger partial charge in [0.15, 0.2) is 0 Å². The molecule has 0 bridgehead atoms. The molecule has 48 heavy (non-hydrogen) atoms. The van der Waals surface area contributed by atoms with Crippen LogP contribution in [0.5, 0.6) is 11.5 Å². The molecule has 0 saturated carbocycles. The zero-order valence-corrected chi connectivity index (χ0v) is 28.9. The third-order valence-electron chi connectivity index (χ3n) is 9.03. The first-order chi connectivity index (χ1) is 22.9. The van der Waals surface area contributed by atoms with E-state index in [4.69, 9.17) is 9.72 Å². The molecule has 0 fully saturated rings. The quantitative estimate of drug-likeness (QED) is 0.132. The number of ether oxygens (including phenoxy) is 1. The maximum atomic E-state index is 6.38. The number of hydrogen-bond acceptors (Lipinski definition) is 3. The van der Waals surface area contributed by atoms with Crippen LogP contribution in [0.25, 0.3) is 66.1 Å². The summed E-state index contributed by atoms with van der Waals surface area (Å²) in [7, 11) is 0. The molecule has 0 unspecified atom stereocenters. The third kappa shape index (κ3) is 4.81. The van der Waals surface area contributed by atoms with Crippen molar-refractivity contribution < 1.29 is 25.8 Å². The van der Waals surface area contributed by atoms with Crippen LogP contribution < -0.4 is 4.74 Å². The molecule has 0 amide bonds. The van der Waals surface area contributed by atoms with Crippen LogP contribution in [0.3, 0.4) is 0 Å². The molecule has 0 aliphatic carbocycles. The van der Waals surface area contributed by atoms with Gasteiger partial charge in [-0.25, -0.2) is 0 Å². The van der Waals surface area contributed by atoms with E-state index in [1.807, 2.05) is 42.9 Å². The van der Waals surface area contributed by atoms with Crippen LogP contribution in [0.2, 0.25) is 0 Å². The Morgan fingerprint density at radius 1 is 0.667 bits per heavy atom. The molecule has 9 aromatic rings. The number of aromatic nitrogens is 4. The summed E-state index contributed by atoms with van der Waals surface area (Å²) in [5, 5.41) is 5.51. The number of rotatable bonds is 4. The van der Waals surface area contributed by atoms with Gasteiger partial charge in [0.05, 0.1) is 16.7 Å². The molecule has 0 N–H and O–H groups in total. The number of nitrogens with zero attached hydrogens (tertiary/aromatic N) is 4. The van der Waals surface area contributed by atoms with Gasteiger partial charge >= 0.3 is 21.1 Å². The van der Waals surface area contributed by atoms with Crippen molar-refractivity contribution in [2.45, 2.75) is 26.2 Å². The van der Waals surface area contributed by atoms with Crippen LogP contribution in [0.15, 0.2) is 128 Å². The average molecular weight is 802 g/mol. The third-order valence-corrected chi connectivity index (χ3v) is 9.03. The molecule has 0 aliphatic rings. The Morgan fingerprint density at radius 3 is 2.31 bits per heavy atom. The van der Waals surface area contributed by atoms with E-state index in [1.165, 1.54) is 21.9 Å². The largest absolute Gasteiger partial charge is 2.00 e. The Morgan fingerprint density at radius 2 is 1.46 bits per heavy atom. The van der Waals surface area contributed by atoms with E-state index in [2.05, 4.69) is 132 Å². The van der Waals surface area contributed by atoms with Gasteiger partial charge in [0.1, 0.15) is 0 Å². The van der Waals surface area contributed by atoms with Gasteiger partial charge in [-0.15, -0.1) is 29.8 Å². The minimum atomic E-state index is 0. The molecule has 4 heterocycles. The Kier molecular flexibility index (Phi) is 7.19. The van der Waals surface area contributed by atoms with E-state index in [0.29, 0.717) is 11.5 Å². The molecule has 5 aromatic carbocycles. The Bertz CT molecular complexity index is 2650. The molecule has 0 radical (unpaired) electrons. The first kappa shape index (κ1) is 30.1. The van der Waals surface area contributed by atoms with Crippen LogP contribution in [0.1, 0.15) is 26.3 Å². The van der Waals surface area contributed by atoms with E-state index in [1.54, 1.807) is 0 Å². The topological polar surface area (TPSA) is 44.4 Å². The molecule has 234 valence electrons. The second-order valence-electron chi connectivity index (χ2n) is 13.0. The van der Waals surface area contributed by atoms with Gasteiger partial charge in [-0.05, 0) is 52.4 Å². The van der Waals surface area contributed by atoms with Crippen molar-refractivity contribution in [3.05, 3.63) is 145 Å². The summed E-state index contributed by atoms with van der Waals surface area (Å²) in [5.74, 6) is 1.21. The standard InChI is InChI=1S/C42H30N4O.Pt/c1-42(2,3)28-20-21-43-36(25-28)27-10-9-13-30(24-27)47-31-16-17-32-33-18-19-38-39(40(33)45-23-22-44-41(45)35(32)26-31)34-14-7-8-15-37(34)46(38)29-11-5-4-6-12-29;/h4-23,25H,1-3H3;/q-2;+2. The van der Waals surface area contributed by atoms with Gasteiger partial charge in [0.2, 0.25) is 0 Å². The van der Waals surface area contributed by atoms with Gasteiger partial charge in [0.25, 0.3) is 0 Å². The number of hydrogen-bond donors (Lipinski definition) is 0. The van der Waals surface area contributed by atoms with Crippen molar-refractivity contribution >= 4 is 49.1 Å². The van der Waals surface area contributed by atoms with Crippen molar-refractivity contribution in [1.29, 1.82) is 0 Å². The van der Waals surface area contributed by atoms with E-state index in [9.17, 15) is 0 Å². The molecule has 5 nitrogen and oxygen atoms in total. The minimum Gasteiger partial charge on any atom is -0.497 e. The number of imidazole rings is 1. The summed E-state index contributed by atoms with van der Waals surface area (Å²) in [5.41, 5.74) is 8.43. The van der Waals surface area contributed by atoms with E-state index >= 15 is 0 Å². The smallest absolute Gasteiger partial charge is 0.497 e. The van der Waals surface area contributed by atoms with Gasteiger partial charge in [-0.2, -0.15) is 0 Å². The summed E-state index contributed by atoms with van der Waals surface area (Å²) in [4.78, 5) is 9.45. The maximum absolute atomic E-state index is 6.38. The molecule has 9 rings (SSSR count). The second kappa shape index (κ2) is 11.5. The van der Waals surface area contributed by atoms with Crippen molar-refractivity contribution in [2.24, 2.45) is 0 Å². The van der Waals surface area contributed by atoms with Crippen LogP contribution >= 0.6 is 0 Å². The van der Waals surface area contributed by atoms with Gasteiger partial charge in [-0.3, -0.25) is 4.98 Å². The maximum Gasteiger partial charge on any atom is 2.00 e. The molecule has 0 spiro atoms. The van der Waals surface area contributed by atoms with Gasteiger partial charge in [0, 0.05) is 52.1 Å². The second-order valence-corrected chi connectivity index (χ2v) is 13.0. The van der Waals surface area contributed by atoms with Crippen molar-refractivity contribution in [3.8, 4) is 28.4 Å². The zero-order chi connectivity index (χ0) is 31.7. The summed E-state index contributed by atoms with van der Waals surface area (Å²) in [6, 6.07) is 44.8. The SMILES string of the molecule is CC(C)(C)c1ccnc(-c2[c-]c(Oc3[c-]c4c(cc3)c3ccc5c(c6ccccc6n5-c5ccccc5)c3n3ccnc43)ccc2)c1.[Pt+2]. The predicted octanol–water partition coefficient (Wildman–Crippen LogP) is 10.5. The zero-order valence-electron chi connectivity index (χ0n) is 26.6. The summed E-state index contributed by atoms with van der Waals surface area (Å²) in [6.45, 7) is 6.61. The molecule has 0 atom stereocenters. The Balaban J connectivity index is 0.00000336. The van der Waals surface area contributed by atoms with Crippen LogP contribution in [0.4, 0.5) is 0 Å². The monoisotopic (exact) mass is 801 g/mol. The normalized spacial score (nSPS) is 11.9. The fourth-order valence-corrected chi connectivity index (χ4v) is 6.79. The summed E-state index contributed by atoms with van der Waals surface area (Å²) in [6.07, 6.45) is 5.77. The van der Waals surface area contributed by atoms with Crippen LogP contribution in [-0.2, 0) is 26.5 Å². The molecule has 0 saturated heterocycles. The van der Waals surface area contributed by atoms with E-state index in [-0.39, 0.29) is 26.5 Å². The van der Waals surface area contributed by atoms with E-state index in [0.717, 1.165) is 49.8 Å². The summed E-state index contributed by atoms with van der Waals surface area (Å²) >= 11 is 0. The Labute approximate surface area is 292 Å². The number of benzene rings is 5. The number of pyridine rings is 2. The Hall–Kier alpha value is -5.25. The predicted molar refractivity (Wildman–Crippen MR) is 191 cm³/mol. The van der Waals surface area contributed by atoms with Crippen LogP contribution in [0, 0.1) is 12.1 Å². The average Bonchev–Trinajstić information content (AvgIpc) is 3.72. The van der Waals surface area contributed by atoms with Gasteiger partial charge < -0.3 is 18.7 Å². The minimum absolute atomic E-state index is 0. The molecule has 6 heteroatoms. The fourth-order valence-electron chi connectivity index (χ4n) is 6.79. The van der Waals surface area contributed by atoms with Crippen molar-refractivity contribution in [2.75, 3.05) is 0 Å².